The summed E-state index contributed by atoms with van der Waals surface area (Å²) in [5.41, 5.74) is 2.15. The van der Waals surface area contributed by atoms with Gasteiger partial charge in [-0.15, -0.1) is 0 Å². The highest BCUT2D eigenvalue weighted by Crippen LogP contribution is 2.26. The van der Waals surface area contributed by atoms with Gasteiger partial charge in [-0.05, 0) is 43.5 Å². The van der Waals surface area contributed by atoms with Crippen molar-refractivity contribution in [3.05, 3.63) is 24.3 Å². The van der Waals surface area contributed by atoms with Crippen LogP contribution in [0.1, 0.15) is 6.42 Å². The summed E-state index contributed by atoms with van der Waals surface area (Å²) in [5, 5.41) is 3.05. The van der Waals surface area contributed by atoms with E-state index in [9.17, 15) is 4.79 Å². The first kappa shape index (κ1) is 15.5. The maximum atomic E-state index is 12.0. The SMILES string of the molecule is CNCC1CN(c2ccc(N3CCCSCC3)cc2)C(=O)O1. The van der Waals surface area contributed by atoms with Crippen LogP contribution < -0.4 is 15.1 Å². The molecule has 6 heteroatoms. The zero-order chi connectivity index (χ0) is 15.4. The van der Waals surface area contributed by atoms with Gasteiger partial charge in [-0.2, -0.15) is 11.8 Å². The van der Waals surface area contributed by atoms with Gasteiger partial charge in [0, 0.05) is 36.8 Å². The lowest BCUT2D eigenvalue weighted by Gasteiger charge is -2.23. The van der Waals surface area contributed by atoms with Crippen molar-refractivity contribution < 1.29 is 9.53 Å². The predicted molar refractivity (Wildman–Crippen MR) is 92.1 cm³/mol. The molecule has 0 saturated carbocycles. The highest BCUT2D eigenvalue weighted by molar-refractivity contribution is 7.99. The molecule has 1 atom stereocenters. The molecule has 1 aromatic carbocycles. The summed E-state index contributed by atoms with van der Waals surface area (Å²) in [7, 11) is 1.87. The van der Waals surface area contributed by atoms with Crippen molar-refractivity contribution in [2.45, 2.75) is 12.5 Å². The van der Waals surface area contributed by atoms with E-state index in [4.69, 9.17) is 4.74 Å². The number of nitrogens with zero attached hydrogens (tertiary/aromatic N) is 2. The molecule has 120 valence electrons. The molecule has 2 saturated heterocycles. The van der Waals surface area contributed by atoms with Crippen LogP contribution in [0.15, 0.2) is 24.3 Å². The predicted octanol–water partition coefficient (Wildman–Crippen LogP) is 2.17. The van der Waals surface area contributed by atoms with Gasteiger partial charge in [0.1, 0.15) is 6.10 Å². The molecular formula is C16H23N3O2S. The fraction of sp³-hybridized carbons (Fsp3) is 0.562. The van der Waals surface area contributed by atoms with Crippen LogP contribution in [0.2, 0.25) is 0 Å². The number of carbonyl (C=O) groups excluding carboxylic acids is 1. The van der Waals surface area contributed by atoms with Crippen molar-refractivity contribution in [2.24, 2.45) is 0 Å². The zero-order valence-corrected chi connectivity index (χ0v) is 13.8. The van der Waals surface area contributed by atoms with Gasteiger partial charge in [0.05, 0.1) is 6.54 Å². The number of nitrogens with one attached hydrogen (secondary N) is 1. The molecule has 1 amide bonds. The number of hydrogen-bond acceptors (Lipinski definition) is 5. The summed E-state index contributed by atoms with van der Waals surface area (Å²) in [6.45, 7) is 3.51. The Morgan fingerprint density at radius 3 is 2.77 bits per heavy atom. The minimum Gasteiger partial charge on any atom is -0.443 e. The third-order valence-corrected chi connectivity index (χ3v) is 5.10. The minimum atomic E-state index is -0.251. The first-order valence-corrected chi connectivity index (χ1v) is 8.99. The number of benzene rings is 1. The van der Waals surface area contributed by atoms with Crippen LogP contribution in [0.3, 0.4) is 0 Å². The van der Waals surface area contributed by atoms with Gasteiger partial charge >= 0.3 is 6.09 Å². The highest BCUT2D eigenvalue weighted by atomic mass is 32.2. The molecule has 0 bridgehead atoms. The van der Waals surface area contributed by atoms with Gasteiger partial charge in [0.15, 0.2) is 0 Å². The Morgan fingerprint density at radius 1 is 1.23 bits per heavy atom. The number of likely N-dealkylation sites (N-methyl/N-ethyl adjacent to an activating group) is 1. The van der Waals surface area contributed by atoms with E-state index in [1.165, 1.54) is 23.6 Å². The van der Waals surface area contributed by atoms with Crippen LogP contribution in [0, 0.1) is 0 Å². The molecular weight excluding hydrogens is 298 g/mol. The number of amides is 1. The van der Waals surface area contributed by atoms with E-state index in [1.807, 2.05) is 30.9 Å². The van der Waals surface area contributed by atoms with Crippen LogP contribution >= 0.6 is 11.8 Å². The maximum absolute atomic E-state index is 12.0. The molecule has 3 rings (SSSR count). The standard InChI is InChI=1S/C16H23N3O2S/c1-17-11-15-12-19(16(20)21-15)14-5-3-13(4-6-14)18-7-2-9-22-10-8-18/h3-6,15,17H,2,7-12H2,1H3. The van der Waals surface area contributed by atoms with Crippen molar-refractivity contribution in [3.8, 4) is 0 Å². The molecule has 1 unspecified atom stereocenters. The Kier molecular flexibility index (Phi) is 5.10. The topological polar surface area (TPSA) is 44.8 Å². The summed E-state index contributed by atoms with van der Waals surface area (Å²) in [6, 6.07) is 8.28. The third-order valence-electron chi connectivity index (χ3n) is 4.05. The lowest BCUT2D eigenvalue weighted by molar-refractivity contribution is 0.141. The molecule has 2 aliphatic rings. The molecule has 2 aliphatic heterocycles. The first-order valence-electron chi connectivity index (χ1n) is 7.83. The van der Waals surface area contributed by atoms with Crippen LogP contribution in [-0.4, -0.2) is 56.9 Å². The average Bonchev–Trinajstić information content (AvgIpc) is 2.75. The Labute approximate surface area is 136 Å². The minimum absolute atomic E-state index is 0.0696. The van der Waals surface area contributed by atoms with Gasteiger partial charge < -0.3 is 15.0 Å². The second kappa shape index (κ2) is 7.24. The van der Waals surface area contributed by atoms with Crippen molar-refractivity contribution >= 4 is 29.2 Å². The fourth-order valence-electron chi connectivity index (χ4n) is 2.91. The molecule has 0 radical (unpaired) electrons. The van der Waals surface area contributed by atoms with Crippen molar-refractivity contribution in [3.63, 3.8) is 0 Å². The normalized spacial score (nSPS) is 22.6. The number of rotatable bonds is 4. The number of anilines is 2. The van der Waals surface area contributed by atoms with Crippen molar-refractivity contribution in [1.82, 2.24) is 5.32 Å². The Bertz CT molecular complexity index is 501. The summed E-state index contributed by atoms with van der Waals surface area (Å²) in [4.78, 5) is 16.1. The van der Waals surface area contributed by atoms with E-state index in [0.717, 1.165) is 18.8 Å². The van der Waals surface area contributed by atoms with Gasteiger partial charge in [0.25, 0.3) is 0 Å². The monoisotopic (exact) mass is 321 g/mol. The van der Waals surface area contributed by atoms with E-state index in [0.29, 0.717) is 13.1 Å². The van der Waals surface area contributed by atoms with Crippen LogP contribution in [0.4, 0.5) is 16.2 Å². The quantitative estimate of drug-likeness (QED) is 0.921. The summed E-state index contributed by atoms with van der Waals surface area (Å²) >= 11 is 2.03. The number of hydrogen-bond donors (Lipinski definition) is 1. The lowest BCUT2D eigenvalue weighted by atomic mass is 10.2. The van der Waals surface area contributed by atoms with Gasteiger partial charge in [-0.3, -0.25) is 4.90 Å². The molecule has 0 aromatic heterocycles. The highest BCUT2D eigenvalue weighted by Gasteiger charge is 2.31. The zero-order valence-electron chi connectivity index (χ0n) is 13.0. The Balaban J connectivity index is 1.67. The average molecular weight is 321 g/mol. The van der Waals surface area contributed by atoms with E-state index >= 15 is 0 Å². The number of thioether (sulfide) groups is 1. The summed E-state index contributed by atoms with van der Waals surface area (Å²) in [5.74, 6) is 2.44. The largest absolute Gasteiger partial charge is 0.443 e. The van der Waals surface area contributed by atoms with Gasteiger partial charge in [0.2, 0.25) is 0 Å². The van der Waals surface area contributed by atoms with E-state index < -0.39 is 0 Å². The summed E-state index contributed by atoms with van der Waals surface area (Å²) in [6.07, 6.45) is 0.912. The van der Waals surface area contributed by atoms with Crippen LogP contribution in [-0.2, 0) is 4.74 Å². The Hall–Kier alpha value is -1.40. The van der Waals surface area contributed by atoms with E-state index in [1.54, 1.807) is 4.90 Å². The van der Waals surface area contributed by atoms with Crippen molar-refractivity contribution in [1.29, 1.82) is 0 Å². The van der Waals surface area contributed by atoms with E-state index in [2.05, 4.69) is 22.3 Å². The third kappa shape index (κ3) is 3.50. The van der Waals surface area contributed by atoms with Crippen molar-refractivity contribution in [2.75, 3.05) is 54.5 Å². The smallest absolute Gasteiger partial charge is 0.414 e. The van der Waals surface area contributed by atoms with Gasteiger partial charge in [-0.1, -0.05) is 0 Å². The Morgan fingerprint density at radius 2 is 2.00 bits per heavy atom. The number of cyclic esters (lactones) is 1. The summed E-state index contributed by atoms with van der Waals surface area (Å²) < 4.78 is 5.34. The first-order chi connectivity index (χ1) is 10.8. The molecule has 0 aliphatic carbocycles. The molecule has 1 N–H and O–H groups in total. The number of ether oxygens (including phenoxy) is 1. The fourth-order valence-corrected chi connectivity index (χ4v) is 3.80. The van der Waals surface area contributed by atoms with Gasteiger partial charge in [-0.25, -0.2) is 4.79 Å². The molecule has 22 heavy (non-hydrogen) atoms. The second-order valence-corrected chi connectivity index (χ2v) is 6.87. The molecule has 5 nitrogen and oxygen atoms in total. The second-order valence-electron chi connectivity index (χ2n) is 5.64. The molecule has 2 heterocycles. The van der Waals surface area contributed by atoms with Crippen LogP contribution in [0.5, 0.6) is 0 Å². The number of carbonyl (C=O) groups is 1. The molecule has 1 aromatic rings. The molecule has 0 spiro atoms. The molecule has 2 fully saturated rings. The van der Waals surface area contributed by atoms with E-state index in [-0.39, 0.29) is 12.2 Å². The lowest BCUT2D eigenvalue weighted by Crippen LogP contribution is -2.29. The van der Waals surface area contributed by atoms with Crippen LogP contribution in [0.25, 0.3) is 0 Å². The maximum Gasteiger partial charge on any atom is 0.414 e.